The van der Waals surface area contributed by atoms with Crippen molar-refractivity contribution in [3.05, 3.63) is 77.3 Å². The van der Waals surface area contributed by atoms with E-state index in [-0.39, 0.29) is 17.7 Å². The Bertz CT molecular complexity index is 927. The lowest BCUT2D eigenvalue weighted by Gasteiger charge is -2.24. The highest BCUT2D eigenvalue weighted by Gasteiger charge is 2.34. The van der Waals surface area contributed by atoms with Crippen LogP contribution in [0.1, 0.15) is 33.6 Å². The van der Waals surface area contributed by atoms with Crippen LogP contribution in [-0.2, 0) is 4.79 Å². The molecule has 7 heteroatoms. The zero-order chi connectivity index (χ0) is 20.8. The summed E-state index contributed by atoms with van der Waals surface area (Å²) in [6.07, 6.45) is 3.03. The van der Waals surface area contributed by atoms with Crippen molar-refractivity contribution in [1.82, 2.24) is 10.2 Å². The molecule has 1 saturated heterocycles. The number of carbonyl (C=O) groups is 3. The SMILES string of the molecule is C=CCNC(=O)C1CCCN1C(=O)c1ccc(NC(=O)c2ccccc2Cl)cc1. The van der Waals surface area contributed by atoms with Gasteiger partial charge in [-0.1, -0.05) is 29.8 Å². The van der Waals surface area contributed by atoms with Crippen LogP contribution in [0.4, 0.5) is 5.69 Å². The maximum Gasteiger partial charge on any atom is 0.257 e. The molecule has 0 aromatic heterocycles. The van der Waals surface area contributed by atoms with Crippen LogP contribution in [0.3, 0.4) is 0 Å². The van der Waals surface area contributed by atoms with Gasteiger partial charge in [-0.05, 0) is 49.2 Å². The zero-order valence-electron chi connectivity index (χ0n) is 15.9. The highest BCUT2D eigenvalue weighted by atomic mass is 35.5. The molecule has 3 rings (SSSR count). The quantitative estimate of drug-likeness (QED) is 0.714. The van der Waals surface area contributed by atoms with Crippen molar-refractivity contribution in [2.45, 2.75) is 18.9 Å². The number of halogens is 1. The monoisotopic (exact) mass is 411 g/mol. The van der Waals surface area contributed by atoms with Crippen LogP contribution in [-0.4, -0.2) is 41.8 Å². The molecule has 150 valence electrons. The fraction of sp³-hybridized carbons (Fsp3) is 0.227. The normalized spacial score (nSPS) is 15.6. The molecule has 1 aliphatic rings. The van der Waals surface area contributed by atoms with Crippen LogP contribution in [0.15, 0.2) is 61.2 Å². The lowest BCUT2D eigenvalue weighted by Crippen LogP contribution is -2.46. The van der Waals surface area contributed by atoms with Gasteiger partial charge >= 0.3 is 0 Å². The summed E-state index contributed by atoms with van der Waals surface area (Å²) in [7, 11) is 0. The molecule has 2 N–H and O–H groups in total. The third kappa shape index (κ3) is 4.84. The van der Waals surface area contributed by atoms with Crippen molar-refractivity contribution in [2.24, 2.45) is 0 Å². The van der Waals surface area contributed by atoms with Crippen molar-refractivity contribution in [1.29, 1.82) is 0 Å². The first kappa shape index (κ1) is 20.6. The fourth-order valence-corrected chi connectivity index (χ4v) is 3.50. The van der Waals surface area contributed by atoms with Crippen molar-refractivity contribution in [3.63, 3.8) is 0 Å². The summed E-state index contributed by atoms with van der Waals surface area (Å²) in [5.74, 6) is -0.697. The Morgan fingerprint density at radius 1 is 1.14 bits per heavy atom. The maximum atomic E-state index is 12.9. The molecule has 3 amide bonds. The second-order valence-electron chi connectivity index (χ2n) is 6.70. The van der Waals surface area contributed by atoms with E-state index in [0.717, 1.165) is 6.42 Å². The number of anilines is 1. The summed E-state index contributed by atoms with van der Waals surface area (Å²) >= 11 is 6.05. The van der Waals surface area contributed by atoms with Gasteiger partial charge in [0.2, 0.25) is 5.91 Å². The molecule has 1 heterocycles. The molecule has 2 aromatic rings. The van der Waals surface area contributed by atoms with Crippen LogP contribution >= 0.6 is 11.6 Å². The van der Waals surface area contributed by atoms with Crippen LogP contribution in [0, 0.1) is 0 Å². The smallest absolute Gasteiger partial charge is 0.257 e. The van der Waals surface area contributed by atoms with E-state index in [0.29, 0.717) is 41.3 Å². The highest BCUT2D eigenvalue weighted by molar-refractivity contribution is 6.34. The van der Waals surface area contributed by atoms with Gasteiger partial charge < -0.3 is 15.5 Å². The number of nitrogens with one attached hydrogen (secondary N) is 2. The number of benzene rings is 2. The Morgan fingerprint density at radius 3 is 2.55 bits per heavy atom. The van der Waals surface area contributed by atoms with E-state index in [1.165, 1.54) is 0 Å². The number of nitrogens with zero attached hydrogens (tertiary/aromatic N) is 1. The van der Waals surface area contributed by atoms with Crippen LogP contribution in [0.2, 0.25) is 5.02 Å². The maximum absolute atomic E-state index is 12.9. The Labute approximate surface area is 174 Å². The third-order valence-corrected chi connectivity index (χ3v) is 5.07. The van der Waals surface area contributed by atoms with Gasteiger partial charge in [0.05, 0.1) is 10.6 Å². The minimum atomic E-state index is -0.470. The molecular weight excluding hydrogens is 390 g/mol. The molecule has 0 radical (unpaired) electrons. The van der Waals surface area contributed by atoms with E-state index in [1.54, 1.807) is 59.5 Å². The molecule has 1 unspecified atom stereocenters. The number of hydrogen-bond donors (Lipinski definition) is 2. The minimum Gasteiger partial charge on any atom is -0.351 e. The summed E-state index contributed by atoms with van der Waals surface area (Å²) in [5.41, 5.74) is 1.39. The topological polar surface area (TPSA) is 78.5 Å². The second kappa shape index (κ2) is 9.39. The van der Waals surface area contributed by atoms with E-state index in [9.17, 15) is 14.4 Å². The summed E-state index contributed by atoms with van der Waals surface area (Å²) in [5, 5.41) is 5.88. The van der Waals surface area contributed by atoms with Crippen LogP contribution in [0.5, 0.6) is 0 Å². The zero-order valence-corrected chi connectivity index (χ0v) is 16.6. The molecule has 2 aromatic carbocycles. The highest BCUT2D eigenvalue weighted by Crippen LogP contribution is 2.22. The van der Waals surface area contributed by atoms with E-state index in [2.05, 4.69) is 17.2 Å². The number of carbonyl (C=O) groups excluding carboxylic acids is 3. The predicted molar refractivity (Wildman–Crippen MR) is 113 cm³/mol. The third-order valence-electron chi connectivity index (χ3n) is 4.75. The largest absolute Gasteiger partial charge is 0.351 e. The van der Waals surface area contributed by atoms with Gasteiger partial charge in [0.25, 0.3) is 11.8 Å². The van der Waals surface area contributed by atoms with Gasteiger partial charge in [0.1, 0.15) is 6.04 Å². The molecule has 0 spiro atoms. The predicted octanol–water partition coefficient (Wildman–Crippen LogP) is 3.50. The lowest BCUT2D eigenvalue weighted by atomic mass is 10.1. The fourth-order valence-electron chi connectivity index (χ4n) is 3.28. The average molecular weight is 412 g/mol. The van der Waals surface area contributed by atoms with Crippen molar-refractivity contribution >= 4 is 35.0 Å². The van der Waals surface area contributed by atoms with E-state index in [1.807, 2.05) is 0 Å². The summed E-state index contributed by atoms with van der Waals surface area (Å²) in [4.78, 5) is 39.1. The van der Waals surface area contributed by atoms with Gasteiger partial charge in [-0.15, -0.1) is 6.58 Å². The van der Waals surface area contributed by atoms with Crippen LogP contribution in [0.25, 0.3) is 0 Å². The standard InChI is InChI=1S/C22H22ClN3O3/c1-2-13-24-21(28)19-8-5-14-26(19)22(29)15-9-11-16(12-10-15)25-20(27)17-6-3-4-7-18(17)23/h2-4,6-7,9-12,19H,1,5,8,13-14H2,(H,24,28)(H,25,27). The minimum absolute atomic E-state index is 0.167. The first-order valence-electron chi connectivity index (χ1n) is 9.37. The molecule has 1 atom stereocenters. The summed E-state index contributed by atoms with van der Waals surface area (Å²) in [6, 6.07) is 12.9. The Morgan fingerprint density at radius 2 is 1.86 bits per heavy atom. The molecule has 0 bridgehead atoms. The molecule has 0 aliphatic carbocycles. The number of likely N-dealkylation sites (tertiary alicyclic amines) is 1. The number of rotatable bonds is 6. The van der Waals surface area contributed by atoms with Crippen LogP contribution < -0.4 is 10.6 Å². The Hall–Kier alpha value is -3.12. The Balaban J connectivity index is 1.67. The molecule has 0 saturated carbocycles. The first-order chi connectivity index (χ1) is 14.0. The molecule has 6 nitrogen and oxygen atoms in total. The van der Waals surface area contributed by atoms with Gasteiger partial charge in [0.15, 0.2) is 0 Å². The molecule has 1 aliphatic heterocycles. The summed E-state index contributed by atoms with van der Waals surface area (Å²) < 4.78 is 0. The van der Waals surface area contributed by atoms with E-state index in [4.69, 9.17) is 11.6 Å². The van der Waals surface area contributed by atoms with Gasteiger partial charge in [0, 0.05) is 24.3 Å². The number of hydrogen-bond acceptors (Lipinski definition) is 3. The van der Waals surface area contributed by atoms with Crippen molar-refractivity contribution in [3.8, 4) is 0 Å². The van der Waals surface area contributed by atoms with E-state index < -0.39 is 6.04 Å². The van der Waals surface area contributed by atoms with Crippen molar-refractivity contribution < 1.29 is 14.4 Å². The summed E-state index contributed by atoms with van der Waals surface area (Å²) in [6.45, 7) is 4.49. The van der Waals surface area contributed by atoms with Gasteiger partial charge in [-0.25, -0.2) is 0 Å². The first-order valence-corrected chi connectivity index (χ1v) is 9.74. The average Bonchev–Trinajstić information content (AvgIpc) is 3.22. The molecular formula is C22H22ClN3O3. The lowest BCUT2D eigenvalue weighted by molar-refractivity contribution is -0.124. The number of amides is 3. The van der Waals surface area contributed by atoms with Crippen molar-refractivity contribution in [2.75, 3.05) is 18.4 Å². The van der Waals surface area contributed by atoms with E-state index >= 15 is 0 Å². The van der Waals surface area contributed by atoms with Gasteiger partial charge in [-0.3, -0.25) is 14.4 Å². The molecule has 1 fully saturated rings. The van der Waals surface area contributed by atoms with Gasteiger partial charge in [-0.2, -0.15) is 0 Å². The second-order valence-corrected chi connectivity index (χ2v) is 7.11. The molecule has 29 heavy (non-hydrogen) atoms. The Kier molecular flexibility index (Phi) is 6.67.